The van der Waals surface area contributed by atoms with E-state index in [1.165, 1.54) is 0 Å². The van der Waals surface area contributed by atoms with Crippen LogP contribution < -0.4 is 5.32 Å². The van der Waals surface area contributed by atoms with E-state index in [0.717, 1.165) is 40.1 Å². The summed E-state index contributed by atoms with van der Waals surface area (Å²) in [4.78, 5) is 23.1. The van der Waals surface area contributed by atoms with Crippen molar-refractivity contribution in [1.82, 2.24) is 15.3 Å². The van der Waals surface area contributed by atoms with Gasteiger partial charge in [-0.3, -0.25) is 4.99 Å². The van der Waals surface area contributed by atoms with Gasteiger partial charge in [0.2, 0.25) is 0 Å². The molecule has 1 unspecified atom stereocenters. The number of nitrogens with zero attached hydrogens (tertiary/aromatic N) is 2. The third kappa shape index (κ3) is 2.49. The van der Waals surface area contributed by atoms with Crippen LogP contribution in [0.5, 0.6) is 0 Å². The highest BCUT2D eigenvalue weighted by molar-refractivity contribution is 6.35. The molecule has 3 aromatic rings. The molecule has 0 fully saturated rings. The van der Waals surface area contributed by atoms with E-state index in [0.29, 0.717) is 11.6 Å². The number of aliphatic imine (C=N–C) groups is 1. The van der Waals surface area contributed by atoms with Crippen LogP contribution in [0.15, 0.2) is 47.5 Å². The minimum absolute atomic E-state index is 0.237. The van der Waals surface area contributed by atoms with E-state index < -0.39 is 0 Å². The van der Waals surface area contributed by atoms with E-state index in [4.69, 9.17) is 11.6 Å². The summed E-state index contributed by atoms with van der Waals surface area (Å²) in [6.45, 7) is 0.476. The number of carbonyl (C=O) groups excluding carboxylic acids is 1. The summed E-state index contributed by atoms with van der Waals surface area (Å²) in [6, 6.07) is 13.3. The number of rotatable bonds is 3. The van der Waals surface area contributed by atoms with Gasteiger partial charge in [-0.05, 0) is 18.2 Å². The number of aromatic amines is 1. The first-order valence-corrected chi connectivity index (χ1v) is 7.64. The summed E-state index contributed by atoms with van der Waals surface area (Å²) in [5.41, 5.74) is 3.52. The van der Waals surface area contributed by atoms with Crippen molar-refractivity contribution in [2.24, 2.45) is 4.99 Å². The number of amidine groups is 1. The summed E-state index contributed by atoms with van der Waals surface area (Å²) < 4.78 is 0. The topological polar surface area (TPSA) is 70.1 Å². The number of halogens is 1. The number of benzene rings is 2. The van der Waals surface area contributed by atoms with Crippen LogP contribution in [-0.2, 0) is 4.79 Å². The Kier molecular flexibility index (Phi) is 3.35. The molecule has 0 saturated carbocycles. The predicted molar refractivity (Wildman–Crippen MR) is 90.9 cm³/mol. The van der Waals surface area contributed by atoms with Gasteiger partial charge in [0.05, 0.1) is 17.1 Å². The van der Waals surface area contributed by atoms with Crippen molar-refractivity contribution in [3.05, 3.63) is 53.1 Å². The van der Waals surface area contributed by atoms with Crippen molar-refractivity contribution in [3.8, 4) is 11.4 Å². The van der Waals surface area contributed by atoms with Crippen molar-refractivity contribution in [1.29, 1.82) is 0 Å². The molecule has 0 saturated heterocycles. The summed E-state index contributed by atoms with van der Waals surface area (Å²) >= 11 is 6.18. The molecule has 1 aliphatic heterocycles. The first kappa shape index (κ1) is 14.0. The number of aromatic nitrogens is 2. The Balaban J connectivity index is 1.73. The quantitative estimate of drug-likeness (QED) is 0.728. The minimum Gasteiger partial charge on any atom is -0.359 e. The molecular formula is C17H13ClN4O. The zero-order valence-electron chi connectivity index (χ0n) is 12.1. The van der Waals surface area contributed by atoms with Gasteiger partial charge in [0, 0.05) is 11.1 Å². The molecule has 4 rings (SSSR count). The van der Waals surface area contributed by atoms with Crippen LogP contribution in [0.2, 0.25) is 5.02 Å². The number of fused-ring (bicyclic) bond motifs is 1. The zero-order valence-corrected chi connectivity index (χ0v) is 12.8. The Morgan fingerprint density at radius 1 is 1.17 bits per heavy atom. The van der Waals surface area contributed by atoms with Gasteiger partial charge in [0.25, 0.3) is 0 Å². The Hall–Kier alpha value is -2.66. The standard InChI is InChI=1S/C17H13ClN4O/c18-13-5-2-6-14-15(13)22-17(21-14)11-4-1-3-10(7-11)16-19-8-12(9-23)20-16/h1-7,9,12H,8H2,(H,19,20)(H,21,22). The van der Waals surface area contributed by atoms with E-state index in [1.807, 2.05) is 42.5 Å². The van der Waals surface area contributed by atoms with Gasteiger partial charge in [-0.1, -0.05) is 35.9 Å². The van der Waals surface area contributed by atoms with Gasteiger partial charge in [-0.15, -0.1) is 0 Å². The van der Waals surface area contributed by atoms with Crippen LogP contribution in [0.1, 0.15) is 5.56 Å². The SMILES string of the molecule is O=CC1CN=C(c2cccc(-c3nc4c(Cl)cccc4[nH]3)c2)N1. The number of H-pyrrole nitrogens is 1. The predicted octanol–water partition coefficient (Wildman–Crippen LogP) is 2.80. The third-order valence-electron chi connectivity index (χ3n) is 3.81. The number of aldehydes is 1. The second-order valence-electron chi connectivity index (χ2n) is 5.38. The molecule has 2 N–H and O–H groups in total. The summed E-state index contributed by atoms with van der Waals surface area (Å²) in [5.74, 6) is 1.48. The van der Waals surface area contributed by atoms with E-state index >= 15 is 0 Å². The maximum atomic E-state index is 10.8. The summed E-state index contributed by atoms with van der Waals surface area (Å²) in [7, 11) is 0. The van der Waals surface area contributed by atoms with Crippen molar-refractivity contribution >= 4 is 34.8 Å². The van der Waals surface area contributed by atoms with Crippen molar-refractivity contribution < 1.29 is 4.79 Å². The van der Waals surface area contributed by atoms with Gasteiger partial charge < -0.3 is 15.1 Å². The van der Waals surface area contributed by atoms with Crippen LogP contribution in [-0.4, -0.2) is 34.7 Å². The van der Waals surface area contributed by atoms with Gasteiger partial charge in [-0.2, -0.15) is 0 Å². The Morgan fingerprint density at radius 3 is 2.78 bits per heavy atom. The molecule has 0 aliphatic carbocycles. The Labute approximate surface area is 137 Å². The van der Waals surface area contributed by atoms with Gasteiger partial charge in [0.15, 0.2) is 0 Å². The maximum absolute atomic E-state index is 10.8. The van der Waals surface area contributed by atoms with E-state index in [9.17, 15) is 4.79 Å². The zero-order chi connectivity index (χ0) is 15.8. The smallest absolute Gasteiger partial charge is 0.144 e. The molecule has 114 valence electrons. The van der Waals surface area contributed by atoms with Crippen LogP contribution in [0.4, 0.5) is 0 Å². The second-order valence-corrected chi connectivity index (χ2v) is 5.79. The van der Waals surface area contributed by atoms with Crippen LogP contribution in [0.3, 0.4) is 0 Å². The molecule has 0 spiro atoms. The third-order valence-corrected chi connectivity index (χ3v) is 4.11. The lowest BCUT2D eigenvalue weighted by Gasteiger charge is -2.06. The van der Waals surface area contributed by atoms with E-state index in [2.05, 4.69) is 20.3 Å². The second kappa shape index (κ2) is 5.52. The molecule has 1 aliphatic rings. The highest BCUT2D eigenvalue weighted by Crippen LogP contribution is 2.26. The molecule has 1 aromatic heterocycles. The van der Waals surface area contributed by atoms with Crippen molar-refractivity contribution in [3.63, 3.8) is 0 Å². The largest absolute Gasteiger partial charge is 0.359 e. The maximum Gasteiger partial charge on any atom is 0.144 e. The molecule has 2 heterocycles. The molecule has 0 amide bonds. The highest BCUT2D eigenvalue weighted by Gasteiger charge is 2.18. The molecule has 2 aromatic carbocycles. The Bertz CT molecular complexity index is 931. The van der Waals surface area contributed by atoms with Crippen LogP contribution in [0, 0.1) is 0 Å². The molecule has 1 atom stereocenters. The van der Waals surface area contributed by atoms with Crippen molar-refractivity contribution in [2.75, 3.05) is 6.54 Å². The first-order chi connectivity index (χ1) is 11.2. The lowest BCUT2D eigenvalue weighted by Crippen LogP contribution is -2.31. The average Bonchev–Trinajstić information content (AvgIpc) is 3.22. The van der Waals surface area contributed by atoms with E-state index in [1.54, 1.807) is 0 Å². The number of hydrogen-bond donors (Lipinski definition) is 2. The fourth-order valence-corrected chi connectivity index (χ4v) is 2.87. The van der Waals surface area contributed by atoms with Gasteiger partial charge >= 0.3 is 0 Å². The van der Waals surface area contributed by atoms with Gasteiger partial charge in [0.1, 0.15) is 29.5 Å². The average molecular weight is 325 g/mol. The Morgan fingerprint density at radius 2 is 2.00 bits per heavy atom. The van der Waals surface area contributed by atoms with Crippen LogP contribution >= 0.6 is 11.6 Å². The number of para-hydroxylation sites is 1. The molecule has 0 bridgehead atoms. The van der Waals surface area contributed by atoms with Crippen molar-refractivity contribution in [2.45, 2.75) is 6.04 Å². The lowest BCUT2D eigenvalue weighted by molar-refractivity contribution is -0.108. The number of imidazole rings is 1. The highest BCUT2D eigenvalue weighted by atomic mass is 35.5. The monoisotopic (exact) mass is 324 g/mol. The van der Waals surface area contributed by atoms with Gasteiger partial charge in [-0.25, -0.2) is 4.98 Å². The molecular weight excluding hydrogens is 312 g/mol. The molecule has 0 radical (unpaired) electrons. The van der Waals surface area contributed by atoms with Crippen LogP contribution in [0.25, 0.3) is 22.4 Å². The summed E-state index contributed by atoms with van der Waals surface area (Å²) in [6.07, 6.45) is 0.877. The lowest BCUT2D eigenvalue weighted by atomic mass is 10.1. The van der Waals surface area contributed by atoms with E-state index in [-0.39, 0.29) is 6.04 Å². The normalized spacial score (nSPS) is 17.1. The fraction of sp³-hybridized carbons (Fsp3) is 0.118. The number of carbonyl (C=O) groups is 1. The molecule has 5 nitrogen and oxygen atoms in total. The first-order valence-electron chi connectivity index (χ1n) is 7.26. The molecule has 23 heavy (non-hydrogen) atoms. The summed E-state index contributed by atoms with van der Waals surface area (Å²) in [5, 5.41) is 3.72. The number of nitrogens with one attached hydrogen (secondary N) is 2. The number of hydrogen-bond acceptors (Lipinski definition) is 4. The fourth-order valence-electron chi connectivity index (χ4n) is 2.66. The molecule has 6 heteroatoms. The minimum atomic E-state index is -0.237.